The van der Waals surface area contributed by atoms with Crippen molar-refractivity contribution in [3.63, 3.8) is 0 Å². The molecule has 10 heteroatoms. The van der Waals surface area contributed by atoms with Crippen LogP contribution < -0.4 is 11.2 Å². The van der Waals surface area contributed by atoms with Crippen molar-refractivity contribution in [3.8, 4) is 0 Å². The Balaban J connectivity index is 2.04. The normalized spacial score (nSPS) is 11.2. The van der Waals surface area contributed by atoms with E-state index in [4.69, 9.17) is 18.0 Å². The molecule has 0 aliphatic heterocycles. The Kier molecular flexibility index (Phi) is 5.62. The Labute approximate surface area is 147 Å². The van der Waals surface area contributed by atoms with Gasteiger partial charge in [-0.3, -0.25) is 19.9 Å². The molecule has 0 saturated heterocycles. The number of nitrogens with zero attached hydrogens (tertiary/aromatic N) is 3. The largest absolute Gasteiger partial charge is 0.435 e. The van der Waals surface area contributed by atoms with Crippen molar-refractivity contribution in [1.82, 2.24) is 20.2 Å². The summed E-state index contributed by atoms with van der Waals surface area (Å²) in [5.41, 5.74) is 8.08. The minimum atomic E-state index is -4.56. The number of nitrogens with two attached hydrogens (primary N) is 1. The Morgan fingerprint density at radius 2 is 2.00 bits per heavy atom. The topological polar surface area (TPSA) is 76.2 Å². The SMILES string of the molecule is Cc1cc(C(F)(F)F)nn1CC(=O)NN(Cc1ccccc1)C(N)=S. The molecule has 1 amide bonds. The number of hydrogen-bond acceptors (Lipinski definition) is 3. The third-order valence-electron chi connectivity index (χ3n) is 3.27. The van der Waals surface area contributed by atoms with E-state index in [1.54, 1.807) is 0 Å². The average Bonchev–Trinajstić information content (AvgIpc) is 2.88. The second kappa shape index (κ2) is 7.51. The number of carbonyl (C=O) groups is 1. The van der Waals surface area contributed by atoms with Crippen molar-refractivity contribution in [2.45, 2.75) is 26.2 Å². The van der Waals surface area contributed by atoms with Gasteiger partial charge in [0.25, 0.3) is 5.91 Å². The number of rotatable bonds is 4. The van der Waals surface area contributed by atoms with Crippen LogP contribution in [0.25, 0.3) is 0 Å². The fourth-order valence-corrected chi connectivity index (χ4v) is 2.18. The molecule has 6 nitrogen and oxygen atoms in total. The van der Waals surface area contributed by atoms with Crippen molar-refractivity contribution in [2.24, 2.45) is 5.73 Å². The van der Waals surface area contributed by atoms with Gasteiger partial charge in [-0.15, -0.1) is 0 Å². The molecule has 2 rings (SSSR count). The van der Waals surface area contributed by atoms with Crippen molar-refractivity contribution in [3.05, 3.63) is 53.3 Å². The molecule has 0 unspecified atom stereocenters. The van der Waals surface area contributed by atoms with Gasteiger partial charge in [-0.05, 0) is 30.8 Å². The van der Waals surface area contributed by atoms with Crippen LogP contribution in [0.15, 0.2) is 36.4 Å². The molecule has 134 valence electrons. The number of benzene rings is 1. The van der Waals surface area contributed by atoms with Crippen LogP contribution in [0.4, 0.5) is 13.2 Å². The second-order valence-electron chi connectivity index (χ2n) is 5.27. The van der Waals surface area contributed by atoms with Gasteiger partial charge in [0.1, 0.15) is 6.54 Å². The van der Waals surface area contributed by atoms with Crippen molar-refractivity contribution in [2.75, 3.05) is 0 Å². The first-order valence-electron chi connectivity index (χ1n) is 7.19. The molecule has 1 aromatic heterocycles. The number of hydrogen-bond donors (Lipinski definition) is 2. The molecular weight excluding hydrogens is 355 g/mol. The zero-order valence-corrected chi connectivity index (χ0v) is 14.1. The predicted octanol–water partition coefficient (Wildman–Crippen LogP) is 1.99. The maximum Gasteiger partial charge on any atom is 0.435 e. The number of thiocarbonyl (C=S) groups is 1. The molecular formula is C15H16F3N5OS. The molecule has 0 aliphatic rings. The highest BCUT2D eigenvalue weighted by Gasteiger charge is 2.34. The van der Waals surface area contributed by atoms with Crippen LogP contribution in [0.5, 0.6) is 0 Å². The lowest BCUT2D eigenvalue weighted by atomic mass is 10.2. The lowest BCUT2D eigenvalue weighted by molar-refractivity contribution is -0.141. The summed E-state index contributed by atoms with van der Waals surface area (Å²) in [5, 5.41) is 4.59. The number of aryl methyl sites for hydroxylation is 1. The summed E-state index contributed by atoms with van der Waals surface area (Å²) in [7, 11) is 0. The third kappa shape index (κ3) is 5.18. The molecule has 25 heavy (non-hydrogen) atoms. The summed E-state index contributed by atoms with van der Waals surface area (Å²) in [4.78, 5) is 12.1. The first kappa shape index (κ1) is 18.7. The van der Waals surface area contributed by atoms with Crippen LogP contribution in [-0.2, 0) is 24.1 Å². The molecule has 0 saturated carbocycles. The molecule has 0 fully saturated rings. The van der Waals surface area contributed by atoms with Gasteiger partial charge in [-0.1, -0.05) is 30.3 Å². The van der Waals surface area contributed by atoms with Crippen LogP contribution in [0.3, 0.4) is 0 Å². The average molecular weight is 371 g/mol. The van der Waals surface area contributed by atoms with E-state index in [-0.39, 0.29) is 17.4 Å². The quantitative estimate of drug-likeness (QED) is 0.635. The smallest absolute Gasteiger partial charge is 0.375 e. The molecule has 3 N–H and O–H groups in total. The van der Waals surface area contributed by atoms with E-state index in [1.807, 2.05) is 30.3 Å². The number of hydrazine groups is 1. The van der Waals surface area contributed by atoms with E-state index >= 15 is 0 Å². The van der Waals surface area contributed by atoms with E-state index in [2.05, 4.69) is 10.5 Å². The van der Waals surface area contributed by atoms with Crippen molar-refractivity contribution < 1.29 is 18.0 Å². The van der Waals surface area contributed by atoms with Crippen LogP contribution in [0.2, 0.25) is 0 Å². The number of carbonyl (C=O) groups excluding carboxylic acids is 1. The van der Waals surface area contributed by atoms with Gasteiger partial charge in [-0.25, -0.2) is 0 Å². The highest BCUT2D eigenvalue weighted by atomic mass is 32.1. The third-order valence-corrected chi connectivity index (χ3v) is 3.49. The first-order chi connectivity index (χ1) is 11.7. The van der Waals surface area contributed by atoms with Crippen LogP contribution in [0, 0.1) is 6.92 Å². The van der Waals surface area contributed by atoms with Gasteiger partial charge >= 0.3 is 6.18 Å². The number of aromatic nitrogens is 2. The Bertz CT molecular complexity index is 760. The minimum Gasteiger partial charge on any atom is -0.375 e. The van der Waals surface area contributed by atoms with Crippen LogP contribution >= 0.6 is 12.2 Å². The maximum atomic E-state index is 12.7. The zero-order chi connectivity index (χ0) is 18.6. The van der Waals surface area contributed by atoms with E-state index in [0.717, 1.165) is 16.3 Å². The van der Waals surface area contributed by atoms with Gasteiger partial charge in [-0.2, -0.15) is 18.3 Å². The summed E-state index contributed by atoms with van der Waals surface area (Å²) < 4.78 is 38.9. The van der Waals surface area contributed by atoms with Crippen molar-refractivity contribution >= 4 is 23.2 Å². The lowest BCUT2D eigenvalue weighted by Crippen LogP contribution is -2.49. The van der Waals surface area contributed by atoms with Gasteiger partial charge in [0.05, 0.1) is 6.54 Å². The predicted molar refractivity (Wildman–Crippen MR) is 88.9 cm³/mol. The fraction of sp³-hybridized carbons (Fsp3) is 0.267. The summed E-state index contributed by atoms with van der Waals surface area (Å²) in [6.07, 6.45) is -4.56. The Morgan fingerprint density at radius 3 is 2.52 bits per heavy atom. The van der Waals surface area contributed by atoms with E-state index < -0.39 is 24.3 Å². The molecule has 1 aromatic carbocycles. The number of nitrogens with one attached hydrogen (secondary N) is 1. The highest BCUT2D eigenvalue weighted by molar-refractivity contribution is 7.80. The second-order valence-corrected chi connectivity index (χ2v) is 5.69. The standard InChI is InChI=1S/C15H16F3N5OS/c1-10-7-12(15(16,17)18)20-22(10)9-13(24)21-23(14(19)25)8-11-5-3-2-4-6-11/h2-7H,8-9H2,1H3,(H2,19,25)(H,21,24). The van der Waals surface area contributed by atoms with Crippen molar-refractivity contribution in [1.29, 1.82) is 0 Å². The summed E-state index contributed by atoms with van der Waals surface area (Å²) in [6, 6.07) is 10.0. The molecule has 0 radical (unpaired) electrons. The van der Waals surface area contributed by atoms with E-state index in [9.17, 15) is 18.0 Å². The molecule has 1 heterocycles. The molecule has 0 bridgehead atoms. The van der Waals surface area contributed by atoms with E-state index in [0.29, 0.717) is 0 Å². The van der Waals surface area contributed by atoms with Gasteiger partial charge in [0, 0.05) is 5.69 Å². The van der Waals surface area contributed by atoms with E-state index in [1.165, 1.54) is 11.9 Å². The molecule has 0 atom stereocenters. The van der Waals surface area contributed by atoms with Gasteiger partial charge in [0.15, 0.2) is 10.8 Å². The summed E-state index contributed by atoms with van der Waals surface area (Å²) in [6.45, 7) is 1.27. The van der Waals surface area contributed by atoms with Crippen LogP contribution in [-0.4, -0.2) is 25.8 Å². The summed E-state index contributed by atoms with van der Waals surface area (Å²) in [5.74, 6) is -0.594. The lowest BCUT2D eigenvalue weighted by Gasteiger charge is -2.23. The number of amides is 1. The molecule has 2 aromatic rings. The Morgan fingerprint density at radius 1 is 1.36 bits per heavy atom. The highest BCUT2D eigenvalue weighted by Crippen LogP contribution is 2.28. The number of alkyl halides is 3. The Hall–Kier alpha value is -2.62. The molecule has 0 spiro atoms. The number of halogens is 3. The zero-order valence-electron chi connectivity index (χ0n) is 13.2. The maximum absolute atomic E-state index is 12.7. The van der Waals surface area contributed by atoms with Gasteiger partial charge in [0.2, 0.25) is 0 Å². The fourth-order valence-electron chi connectivity index (χ4n) is 2.07. The molecule has 0 aliphatic carbocycles. The summed E-state index contributed by atoms with van der Waals surface area (Å²) >= 11 is 4.90. The van der Waals surface area contributed by atoms with Gasteiger partial charge < -0.3 is 5.73 Å². The first-order valence-corrected chi connectivity index (χ1v) is 7.59. The monoisotopic (exact) mass is 371 g/mol. The minimum absolute atomic E-state index is 0.0645. The van der Waals surface area contributed by atoms with Crippen LogP contribution in [0.1, 0.15) is 17.0 Å².